The van der Waals surface area contributed by atoms with Crippen LogP contribution < -0.4 is 10.2 Å². The van der Waals surface area contributed by atoms with Crippen molar-refractivity contribution in [3.8, 4) is 0 Å². The summed E-state index contributed by atoms with van der Waals surface area (Å²) in [4.78, 5) is 1.97. The van der Waals surface area contributed by atoms with Crippen molar-refractivity contribution in [1.29, 1.82) is 0 Å². The van der Waals surface area contributed by atoms with E-state index in [9.17, 15) is 4.39 Å². The Morgan fingerprint density at radius 1 is 1.20 bits per heavy atom. The van der Waals surface area contributed by atoms with Crippen LogP contribution in [0.1, 0.15) is 11.1 Å². The normalized spacial score (nSPS) is 10.4. The van der Waals surface area contributed by atoms with Crippen molar-refractivity contribution < 1.29 is 4.39 Å². The number of aryl methyl sites for hydroxylation is 1. The second-order valence-corrected chi connectivity index (χ2v) is 5.37. The highest BCUT2D eigenvalue weighted by atomic mass is 35.5. The average Bonchev–Trinajstić information content (AvgIpc) is 2.39. The fourth-order valence-electron chi connectivity index (χ4n) is 2.13. The Bertz CT molecular complexity index is 611. The predicted molar refractivity (Wildman–Crippen MR) is 84.2 cm³/mol. The fraction of sp³-hybridized carbons (Fsp3) is 0.250. The second kappa shape index (κ2) is 6.14. The van der Waals surface area contributed by atoms with Gasteiger partial charge in [-0.25, -0.2) is 4.39 Å². The Labute approximate surface area is 124 Å². The molecule has 0 aliphatic carbocycles. The van der Waals surface area contributed by atoms with Crippen LogP contribution in [0.2, 0.25) is 5.02 Å². The fourth-order valence-corrected chi connectivity index (χ4v) is 2.47. The molecule has 2 rings (SSSR count). The SMILES string of the molecule is Cc1cc(CNc2cccc(Cl)c2N(C)C)ccc1F. The van der Waals surface area contributed by atoms with Crippen molar-refractivity contribution in [2.24, 2.45) is 0 Å². The van der Waals surface area contributed by atoms with E-state index in [1.165, 1.54) is 6.07 Å². The van der Waals surface area contributed by atoms with Gasteiger partial charge in [0.2, 0.25) is 0 Å². The van der Waals surface area contributed by atoms with Crippen molar-refractivity contribution >= 4 is 23.0 Å². The molecular formula is C16H18ClFN2. The third-order valence-electron chi connectivity index (χ3n) is 3.14. The van der Waals surface area contributed by atoms with Gasteiger partial charge in [-0.3, -0.25) is 0 Å². The van der Waals surface area contributed by atoms with Gasteiger partial charge in [0.1, 0.15) is 5.82 Å². The first-order chi connectivity index (χ1) is 9.49. The van der Waals surface area contributed by atoms with Crippen molar-refractivity contribution in [1.82, 2.24) is 0 Å². The lowest BCUT2D eigenvalue weighted by Crippen LogP contribution is -2.12. The molecule has 2 aromatic rings. The summed E-state index contributed by atoms with van der Waals surface area (Å²) < 4.78 is 13.2. The van der Waals surface area contributed by atoms with Crippen LogP contribution in [0.3, 0.4) is 0 Å². The Morgan fingerprint density at radius 3 is 2.60 bits per heavy atom. The van der Waals surface area contributed by atoms with Crippen molar-refractivity contribution in [2.75, 3.05) is 24.3 Å². The summed E-state index contributed by atoms with van der Waals surface area (Å²) in [6.07, 6.45) is 0. The molecule has 1 N–H and O–H groups in total. The first kappa shape index (κ1) is 14.7. The van der Waals surface area contributed by atoms with Crippen LogP contribution in [0.25, 0.3) is 0 Å². The van der Waals surface area contributed by atoms with Gasteiger partial charge in [0, 0.05) is 20.6 Å². The summed E-state index contributed by atoms with van der Waals surface area (Å²) >= 11 is 6.22. The smallest absolute Gasteiger partial charge is 0.126 e. The lowest BCUT2D eigenvalue weighted by Gasteiger charge is -2.20. The Kier molecular flexibility index (Phi) is 4.50. The third-order valence-corrected chi connectivity index (χ3v) is 3.44. The molecule has 2 aromatic carbocycles. The Hall–Kier alpha value is -1.74. The van der Waals surface area contributed by atoms with Crippen molar-refractivity contribution in [2.45, 2.75) is 13.5 Å². The van der Waals surface area contributed by atoms with Gasteiger partial charge in [-0.2, -0.15) is 0 Å². The molecule has 0 radical (unpaired) electrons. The van der Waals surface area contributed by atoms with Crippen LogP contribution in [0.4, 0.5) is 15.8 Å². The first-order valence-electron chi connectivity index (χ1n) is 6.44. The largest absolute Gasteiger partial charge is 0.379 e. The van der Waals surface area contributed by atoms with Gasteiger partial charge in [0.05, 0.1) is 16.4 Å². The summed E-state index contributed by atoms with van der Waals surface area (Å²) in [5, 5.41) is 4.05. The van der Waals surface area contributed by atoms with E-state index in [1.807, 2.05) is 43.3 Å². The van der Waals surface area contributed by atoms with E-state index in [-0.39, 0.29) is 5.82 Å². The summed E-state index contributed by atoms with van der Waals surface area (Å²) in [6.45, 7) is 2.39. The Morgan fingerprint density at radius 2 is 1.95 bits per heavy atom. The van der Waals surface area contributed by atoms with Crippen molar-refractivity contribution in [3.05, 3.63) is 58.4 Å². The van der Waals surface area contributed by atoms with E-state index in [0.29, 0.717) is 17.1 Å². The first-order valence-corrected chi connectivity index (χ1v) is 6.81. The number of anilines is 2. The lowest BCUT2D eigenvalue weighted by atomic mass is 10.1. The summed E-state index contributed by atoms with van der Waals surface area (Å²) in [6, 6.07) is 10.9. The van der Waals surface area contributed by atoms with Gasteiger partial charge < -0.3 is 10.2 Å². The summed E-state index contributed by atoms with van der Waals surface area (Å²) in [5.74, 6) is -0.175. The van der Waals surface area contributed by atoms with Gasteiger partial charge >= 0.3 is 0 Å². The molecule has 0 bridgehead atoms. The third kappa shape index (κ3) is 3.23. The van der Waals surface area contributed by atoms with Crippen LogP contribution in [0, 0.1) is 12.7 Å². The molecule has 106 valence electrons. The van der Waals surface area contributed by atoms with Gasteiger partial charge in [0.25, 0.3) is 0 Å². The standard InChI is InChI=1S/C16H18ClFN2/c1-11-9-12(7-8-14(11)18)10-19-15-6-4-5-13(17)16(15)20(2)3/h4-9,19H,10H2,1-3H3. The van der Waals surface area contributed by atoms with Crippen LogP contribution in [-0.4, -0.2) is 14.1 Å². The number of hydrogen-bond donors (Lipinski definition) is 1. The van der Waals surface area contributed by atoms with E-state index in [2.05, 4.69) is 5.32 Å². The number of benzene rings is 2. The van der Waals surface area contributed by atoms with Crippen LogP contribution in [0.15, 0.2) is 36.4 Å². The minimum atomic E-state index is -0.175. The average molecular weight is 293 g/mol. The lowest BCUT2D eigenvalue weighted by molar-refractivity contribution is 0.617. The topological polar surface area (TPSA) is 15.3 Å². The number of para-hydroxylation sites is 1. The molecule has 0 aliphatic rings. The summed E-state index contributed by atoms with van der Waals surface area (Å²) in [7, 11) is 3.91. The molecule has 20 heavy (non-hydrogen) atoms. The van der Waals surface area contributed by atoms with E-state index < -0.39 is 0 Å². The zero-order valence-electron chi connectivity index (χ0n) is 11.9. The number of rotatable bonds is 4. The zero-order chi connectivity index (χ0) is 14.7. The molecule has 0 saturated heterocycles. The van der Waals surface area contributed by atoms with Gasteiger partial charge in [-0.1, -0.05) is 29.8 Å². The van der Waals surface area contributed by atoms with Gasteiger partial charge in [-0.15, -0.1) is 0 Å². The molecule has 0 amide bonds. The maximum absolute atomic E-state index is 13.2. The summed E-state index contributed by atoms with van der Waals surface area (Å²) in [5.41, 5.74) is 3.61. The van der Waals surface area contributed by atoms with Crippen LogP contribution >= 0.6 is 11.6 Å². The maximum Gasteiger partial charge on any atom is 0.126 e. The minimum absolute atomic E-state index is 0.175. The molecule has 0 unspecified atom stereocenters. The molecule has 0 spiro atoms. The van der Waals surface area contributed by atoms with E-state index >= 15 is 0 Å². The molecule has 2 nitrogen and oxygen atoms in total. The molecule has 0 aliphatic heterocycles. The number of nitrogens with zero attached hydrogens (tertiary/aromatic N) is 1. The van der Waals surface area contributed by atoms with Gasteiger partial charge in [0.15, 0.2) is 0 Å². The monoisotopic (exact) mass is 292 g/mol. The van der Waals surface area contributed by atoms with E-state index in [1.54, 1.807) is 13.0 Å². The highest BCUT2D eigenvalue weighted by molar-refractivity contribution is 6.34. The predicted octanol–water partition coefficient (Wildman–Crippen LogP) is 4.47. The van der Waals surface area contributed by atoms with E-state index in [0.717, 1.165) is 16.9 Å². The maximum atomic E-state index is 13.2. The Balaban J connectivity index is 2.18. The molecule has 0 fully saturated rings. The highest BCUT2D eigenvalue weighted by Crippen LogP contribution is 2.32. The number of halogens is 2. The molecule has 0 heterocycles. The second-order valence-electron chi connectivity index (χ2n) is 4.97. The quantitative estimate of drug-likeness (QED) is 0.894. The van der Waals surface area contributed by atoms with Gasteiger partial charge in [-0.05, 0) is 36.2 Å². The molecular weight excluding hydrogens is 275 g/mol. The number of nitrogens with one attached hydrogen (secondary N) is 1. The molecule has 0 atom stereocenters. The van der Waals surface area contributed by atoms with Crippen LogP contribution in [-0.2, 0) is 6.54 Å². The van der Waals surface area contributed by atoms with E-state index in [4.69, 9.17) is 11.6 Å². The van der Waals surface area contributed by atoms with Crippen LogP contribution in [0.5, 0.6) is 0 Å². The zero-order valence-corrected chi connectivity index (χ0v) is 12.6. The van der Waals surface area contributed by atoms with Crippen molar-refractivity contribution in [3.63, 3.8) is 0 Å². The number of hydrogen-bond acceptors (Lipinski definition) is 2. The molecule has 0 saturated carbocycles. The molecule has 4 heteroatoms. The molecule has 0 aromatic heterocycles. The highest BCUT2D eigenvalue weighted by Gasteiger charge is 2.08. The minimum Gasteiger partial charge on any atom is -0.379 e.